The van der Waals surface area contributed by atoms with E-state index >= 15 is 0 Å². The van der Waals surface area contributed by atoms with Gasteiger partial charge in [-0.3, -0.25) is 0 Å². The van der Waals surface area contributed by atoms with Crippen LogP contribution in [0.15, 0.2) is 10.2 Å². The van der Waals surface area contributed by atoms with Gasteiger partial charge in [0.1, 0.15) is 0 Å². The van der Waals surface area contributed by atoms with Gasteiger partial charge in [0.15, 0.2) is 0 Å². The first-order valence-electron chi connectivity index (χ1n) is 7.53. The Kier molecular flexibility index (Phi) is 9.88. The van der Waals surface area contributed by atoms with Crippen LogP contribution in [0.4, 0.5) is 0 Å². The molecule has 18 heavy (non-hydrogen) atoms. The number of carbonyl (C=O) groups excluding carboxylic acids is 1. The second-order valence-electron chi connectivity index (χ2n) is 5.43. The van der Waals surface area contributed by atoms with Gasteiger partial charge in [-0.15, -0.1) is 0 Å². The summed E-state index contributed by atoms with van der Waals surface area (Å²) in [5, 5.41) is 0. The van der Waals surface area contributed by atoms with Crippen LogP contribution in [0.2, 0.25) is 13.3 Å². The molecule has 0 rings (SSSR count). The molecule has 0 aromatic carbocycles. The number of primary amides is 1. The van der Waals surface area contributed by atoms with Crippen molar-refractivity contribution in [3.05, 3.63) is 10.2 Å². The molecule has 0 atom stereocenters. The molecular formula is C15H31NOSn. The van der Waals surface area contributed by atoms with Crippen molar-refractivity contribution in [2.45, 2.75) is 72.6 Å². The maximum absolute atomic E-state index is 11.6. The third-order valence-corrected chi connectivity index (χ3v) is 19.5. The standard InChI is InChI=1S/3C4H9.C3H4NO.Sn/c3*1-3-4-2;1-2-3(4)5;/h3*1,3-4H2,2H3;1H2,(H2,4,5);. The summed E-state index contributed by atoms with van der Waals surface area (Å²) in [5.74, 6) is -0.214. The molecule has 0 saturated heterocycles. The minimum atomic E-state index is -2.54. The van der Waals surface area contributed by atoms with Gasteiger partial charge in [0.05, 0.1) is 0 Å². The van der Waals surface area contributed by atoms with Gasteiger partial charge in [0.25, 0.3) is 0 Å². The molecule has 1 amide bonds. The molecule has 0 spiro atoms. The van der Waals surface area contributed by atoms with E-state index in [4.69, 9.17) is 5.73 Å². The van der Waals surface area contributed by atoms with Gasteiger partial charge in [-0.1, -0.05) is 0 Å². The molecule has 2 N–H and O–H groups in total. The molecule has 0 unspecified atom stereocenters. The first kappa shape index (κ1) is 18.0. The first-order valence-corrected chi connectivity index (χ1v) is 15.0. The zero-order valence-corrected chi connectivity index (χ0v) is 15.4. The maximum atomic E-state index is 11.6. The average molecular weight is 360 g/mol. The van der Waals surface area contributed by atoms with Crippen molar-refractivity contribution in [2.24, 2.45) is 5.73 Å². The van der Waals surface area contributed by atoms with E-state index < -0.39 is 18.4 Å². The van der Waals surface area contributed by atoms with E-state index in [0.29, 0.717) is 0 Å². The predicted octanol–water partition coefficient (Wildman–Crippen LogP) is 4.42. The van der Waals surface area contributed by atoms with Crippen LogP contribution in [-0.4, -0.2) is 24.3 Å². The Morgan fingerprint density at radius 3 is 1.50 bits per heavy atom. The number of unbranched alkanes of at least 4 members (excludes halogenated alkanes) is 3. The number of carbonyl (C=O) groups is 1. The van der Waals surface area contributed by atoms with Gasteiger partial charge in [0.2, 0.25) is 0 Å². The predicted molar refractivity (Wildman–Crippen MR) is 83.2 cm³/mol. The molecule has 0 radical (unpaired) electrons. The second kappa shape index (κ2) is 9.88. The van der Waals surface area contributed by atoms with E-state index in [1.807, 2.05) is 0 Å². The van der Waals surface area contributed by atoms with Gasteiger partial charge in [-0.2, -0.15) is 0 Å². The van der Waals surface area contributed by atoms with E-state index in [0.717, 1.165) is 3.59 Å². The Labute approximate surface area is 117 Å². The summed E-state index contributed by atoms with van der Waals surface area (Å²) in [4.78, 5) is 11.6. The summed E-state index contributed by atoms with van der Waals surface area (Å²) >= 11 is -2.54. The molecule has 0 aromatic heterocycles. The third-order valence-electron chi connectivity index (χ3n) is 3.96. The van der Waals surface area contributed by atoms with Crippen molar-refractivity contribution >= 4 is 24.3 Å². The van der Waals surface area contributed by atoms with E-state index in [-0.39, 0.29) is 5.91 Å². The summed E-state index contributed by atoms with van der Waals surface area (Å²) < 4.78 is 4.69. The molecule has 0 saturated carbocycles. The molecule has 0 aliphatic rings. The Bertz CT molecular complexity index is 241. The molecular weight excluding hydrogens is 329 g/mol. The van der Waals surface area contributed by atoms with Crippen LogP contribution in [0.1, 0.15) is 59.3 Å². The number of nitrogens with two attached hydrogens (primary N) is 1. The Hall–Kier alpha value is 0.00870. The van der Waals surface area contributed by atoms with Crippen LogP contribution >= 0.6 is 0 Å². The van der Waals surface area contributed by atoms with Gasteiger partial charge < -0.3 is 0 Å². The van der Waals surface area contributed by atoms with Crippen LogP contribution in [0, 0.1) is 0 Å². The van der Waals surface area contributed by atoms with Crippen molar-refractivity contribution in [1.29, 1.82) is 0 Å². The van der Waals surface area contributed by atoms with Crippen LogP contribution in [0.3, 0.4) is 0 Å². The van der Waals surface area contributed by atoms with Crippen LogP contribution < -0.4 is 5.73 Å². The average Bonchev–Trinajstić information content (AvgIpc) is 2.37. The molecule has 106 valence electrons. The number of amides is 1. The van der Waals surface area contributed by atoms with Crippen molar-refractivity contribution in [2.75, 3.05) is 0 Å². The fraction of sp³-hybridized carbons (Fsp3) is 0.800. The molecule has 0 heterocycles. The third kappa shape index (κ3) is 5.77. The summed E-state index contributed by atoms with van der Waals surface area (Å²) in [6, 6.07) is 0. The molecule has 3 heteroatoms. The molecule has 0 fully saturated rings. The Morgan fingerprint density at radius 1 is 0.944 bits per heavy atom. The van der Waals surface area contributed by atoms with Crippen LogP contribution in [0.25, 0.3) is 0 Å². The monoisotopic (exact) mass is 361 g/mol. The van der Waals surface area contributed by atoms with E-state index in [1.165, 1.54) is 51.8 Å². The van der Waals surface area contributed by atoms with Crippen LogP contribution in [-0.2, 0) is 4.79 Å². The van der Waals surface area contributed by atoms with E-state index in [2.05, 4.69) is 27.4 Å². The quantitative estimate of drug-likeness (QED) is 0.430. The van der Waals surface area contributed by atoms with Gasteiger partial charge >= 0.3 is 118 Å². The Balaban J connectivity index is 4.96. The van der Waals surface area contributed by atoms with E-state index in [9.17, 15) is 4.79 Å². The van der Waals surface area contributed by atoms with E-state index in [1.54, 1.807) is 0 Å². The summed E-state index contributed by atoms with van der Waals surface area (Å²) in [7, 11) is 0. The first-order chi connectivity index (χ1) is 8.54. The fourth-order valence-corrected chi connectivity index (χ4v) is 17.7. The molecule has 0 bridgehead atoms. The topological polar surface area (TPSA) is 43.1 Å². The number of hydrogen-bond acceptors (Lipinski definition) is 1. The van der Waals surface area contributed by atoms with Crippen molar-refractivity contribution < 1.29 is 4.79 Å². The zero-order valence-electron chi connectivity index (χ0n) is 12.6. The fourth-order valence-electron chi connectivity index (χ4n) is 2.63. The Morgan fingerprint density at radius 2 is 1.28 bits per heavy atom. The molecule has 0 aromatic rings. The van der Waals surface area contributed by atoms with Gasteiger partial charge in [0, 0.05) is 0 Å². The van der Waals surface area contributed by atoms with Crippen molar-refractivity contribution in [1.82, 2.24) is 0 Å². The second-order valence-corrected chi connectivity index (χ2v) is 18.7. The molecule has 0 aliphatic carbocycles. The van der Waals surface area contributed by atoms with Crippen molar-refractivity contribution in [3.8, 4) is 0 Å². The summed E-state index contributed by atoms with van der Waals surface area (Å²) in [6.07, 6.45) is 7.37. The zero-order chi connectivity index (χ0) is 14.0. The normalized spacial score (nSPS) is 11.5. The summed E-state index contributed by atoms with van der Waals surface area (Å²) in [5.41, 5.74) is 5.55. The van der Waals surface area contributed by atoms with Gasteiger partial charge in [-0.05, 0) is 0 Å². The summed E-state index contributed by atoms with van der Waals surface area (Å²) in [6.45, 7) is 10.8. The SMILES string of the molecule is C=[C](C(N)=O)[Sn]([CH2]CCC)([CH2]CCC)[CH2]CCC. The van der Waals surface area contributed by atoms with Gasteiger partial charge in [-0.25, -0.2) is 0 Å². The van der Waals surface area contributed by atoms with Crippen LogP contribution in [0.5, 0.6) is 0 Å². The molecule has 0 aliphatic heterocycles. The van der Waals surface area contributed by atoms with Crippen molar-refractivity contribution in [3.63, 3.8) is 0 Å². The number of hydrogen-bond donors (Lipinski definition) is 1. The minimum absolute atomic E-state index is 0.214. The molecule has 2 nitrogen and oxygen atoms in total. The number of rotatable bonds is 11.